The van der Waals surface area contributed by atoms with Gasteiger partial charge in [-0.1, -0.05) is 54.6 Å². The number of halogens is 1. The Morgan fingerprint density at radius 1 is 0.816 bits per heavy atom. The highest BCUT2D eigenvalue weighted by Crippen LogP contribution is 2.22. The Kier molecular flexibility index (Phi) is 8.72. The molecule has 4 aromatic rings. The van der Waals surface area contributed by atoms with Crippen molar-refractivity contribution in [2.45, 2.75) is 25.6 Å². The summed E-state index contributed by atoms with van der Waals surface area (Å²) >= 11 is 0. The fraction of sp³-hybridized carbons (Fsp3) is 0.161. The summed E-state index contributed by atoms with van der Waals surface area (Å²) in [5.74, 6) is -1.08. The van der Waals surface area contributed by atoms with Crippen LogP contribution in [-0.2, 0) is 24.3 Å². The highest BCUT2D eigenvalue weighted by Gasteiger charge is 2.21. The second-order valence-electron chi connectivity index (χ2n) is 8.93. The van der Waals surface area contributed by atoms with Crippen LogP contribution in [0.15, 0.2) is 103 Å². The van der Waals surface area contributed by atoms with Crippen molar-refractivity contribution >= 4 is 17.6 Å². The number of benzene rings is 4. The second-order valence-corrected chi connectivity index (χ2v) is 8.93. The van der Waals surface area contributed by atoms with Crippen molar-refractivity contribution < 1.29 is 23.8 Å². The predicted octanol–water partition coefficient (Wildman–Crippen LogP) is 5.47. The molecule has 6 nitrogen and oxygen atoms in total. The van der Waals surface area contributed by atoms with Crippen molar-refractivity contribution in [3.8, 4) is 5.75 Å². The lowest BCUT2D eigenvalue weighted by atomic mass is 10.0. The number of hydrogen-bond donors (Lipinski definition) is 2. The Balaban J connectivity index is 1.46. The average molecular weight is 513 g/mol. The van der Waals surface area contributed by atoms with Gasteiger partial charge in [0, 0.05) is 30.8 Å². The Hall–Kier alpha value is -4.65. The Labute approximate surface area is 221 Å². The van der Waals surface area contributed by atoms with Gasteiger partial charge >= 0.3 is 5.97 Å². The molecule has 0 bridgehead atoms. The number of rotatable bonds is 11. The van der Waals surface area contributed by atoms with Crippen LogP contribution in [0.3, 0.4) is 0 Å². The van der Waals surface area contributed by atoms with Gasteiger partial charge in [0.15, 0.2) is 0 Å². The van der Waals surface area contributed by atoms with E-state index in [0.29, 0.717) is 18.7 Å². The van der Waals surface area contributed by atoms with E-state index in [0.717, 1.165) is 28.1 Å². The summed E-state index contributed by atoms with van der Waals surface area (Å²) in [5.41, 5.74) is 4.06. The zero-order chi connectivity index (χ0) is 26.9. The normalized spacial score (nSPS) is 11.4. The molecule has 0 aromatic heterocycles. The molecule has 7 heteroatoms. The quantitative estimate of drug-likeness (QED) is 0.279. The number of aliphatic carboxylic acids is 1. The minimum Gasteiger partial charge on any atom is -0.497 e. The van der Waals surface area contributed by atoms with E-state index in [-0.39, 0.29) is 12.2 Å². The molecule has 0 aliphatic rings. The summed E-state index contributed by atoms with van der Waals surface area (Å²) < 4.78 is 18.8. The Bertz CT molecular complexity index is 1340. The monoisotopic (exact) mass is 512 g/mol. The van der Waals surface area contributed by atoms with Crippen molar-refractivity contribution in [1.82, 2.24) is 5.32 Å². The van der Waals surface area contributed by atoms with Gasteiger partial charge in [-0.15, -0.1) is 0 Å². The van der Waals surface area contributed by atoms with E-state index in [2.05, 4.69) is 10.2 Å². The van der Waals surface area contributed by atoms with Gasteiger partial charge in [-0.2, -0.15) is 0 Å². The van der Waals surface area contributed by atoms with E-state index in [4.69, 9.17) is 4.74 Å². The van der Waals surface area contributed by atoms with Crippen LogP contribution in [0.2, 0.25) is 0 Å². The number of amides is 1. The first-order chi connectivity index (χ1) is 18.4. The van der Waals surface area contributed by atoms with Crippen LogP contribution in [0, 0.1) is 5.82 Å². The zero-order valence-electron chi connectivity index (χ0n) is 21.0. The second kappa shape index (κ2) is 12.5. The molecule has 0 heterocycles. The molecule has 1 atom stereocenters. The van der Waals surface area contributed by atoms with Crippen LogP contribution in [0.5, 0.6) is 5.75 Å². The number of carbonyl (C=O) groups is 2. The van der Waals surface area contributed by atoms with Crippen LogP contribution < -0.4 is 15.0 Å². The maximum atomic E-state index is 13.6. The Morgan fingerprint density at radius 2 is 1.39 bits per heavy atom. The summed E-state index contributed by atoms with van der Waals surface area (Å²) in [7, 11) is 1.62. The van der Waals surface area contributed by atoms with E-state index in [1.807, 2.05) is 66.7 Å². The van der Waals surface area contributed by atoms with Gasteiger partial charge in [0.1, 0.15) is 17.6 Å². The van der Waals surface area contributed by atoms with Gasteiger partial charge in [-0.25, -0.2) is 9.18 Å². The summed E-state index contributed by atoms with van der Waals surface area (Å²) in [6, 6.07) is 29.3. The topological polar surface area (TPSA) is 78.9 Å². The van der Waals surface area contributed by atoms with E-state index >= 15 is 0 Å². The third kappa shape index (κ3) is 7.20. The smallest absolute Gasteiger partial charge is 0.326 e. The molecule has 0 saturated carbocycles. The number of carboxylic acid groups (broad SMARTS) is 1. The largest absolute Gasteiger partial charge is 0.497 e. The fourth-order valence-electron chi connectivity index (χ4n) is 4.12. The van der Waals surface area contributed by atoms with Crippen LogP contribution in [0.25, 0.3) is 0 Å². The summed E-state index contributed by atoms with van der Waals surface area (Å²) in [4.78, 5) is 26.6. The predicted molar refractivity (Wildman–Crippen MR) is 145 cm³/mol. The van der Waals surface area contributed by atoms with Gasteiger partial charge < -0.3 is 20.1 Å². The summed E-state index contributed by atoms with van der Waals surface area (Å²) in [6.07, 6.45) is 0.192. The summed E-state index contributed by atoms with van der Waals surface area (Å²) in [5, 5.41) is 12.2. The first-order valence-corrected chi connectivity index (χ1v) is 12.2. The molecule has 38 heavy (non-hydrogen) atoms. The van der Waals surface area contributed by atoms with E-state index in [1.54, 1.807) is 31.4 Å². The standard InChI is InChI=1S/C31H29FN2O4/c1-38-28-17-9-24(10-18-28)21-34(27-15-13-26(32)14-16-27)20-23-7-11-25(12-8-23)30(35)33-29(31(36)37)19-22-5-3-2-4-6-22/h2-18,29H,19-21H2,1H3,(H,33,35)(H,36,37). The molecule has 4 aromatic carbocycles. The number of nitrogens with zero attached hydrogens (tertiary/aromatic N) is 1. The van der Waals surface area contributed by atoms with Gasteiger partial charge in [-0.05, 0) is 65.2 Å². The van der Waals surface area contributed by atoms with Crippen molar-refractivity contribution in [3.05, 3.63) is 131 Å². The summed E-state index contributed by atoms with van der Waals surface area (Å²) in [6.45, 7) is 1.10. The molecule has 1 amide bonds. The minimum atomic E-state index is -1.09. The highest BCUT2D eigenvalue weighted by molar-refractivity contribution is 5.96. The van der Waals surface area contributed by atoms with Crippen LogP contribution in [0.4, 0.5) is 10.1 Å². The SMILES string of the molecule is COc1ccc(CN(Cc2ccc(C(=O)NC(Cc3ccccc3)C(=O)O)cc2)c2ccc(F)cc2)cc1. The lowest BCUT2D eigenvalue weighted by Crippen LogP contribution is -2.42. The number of hydrogen-bond acceptors (Lipinski definition) is 4. The highest BCUT2D eigenvalue weighted by atomic mass is 19.1. The molecule has 0 radical (unpaired) electrons. The van der Waals surface area contributed by atoms with Crippen molar-refractivity contribution in [2.24, 2.45) is 0 Å². The van der Waals surface area contributed by atoms with Crippen LogP contribution in [0.1, 0.15) is 27.0 Å². The van der Waals surface area contributed by atoms with Crippen LogP contribution in [-0.4, -0.2) is 30.1 Å². The maximum Gasteiger partial charge on any atom is 0.326 e. The number of anilines is 1. The first-order valence-electron chi connectivity index (χ1n) is 12.2. The van der Waals surface area contributed by atoms with Gasteiger partial charge in [0.05, 0.1) is 7.11 Å². The van der Waals surface area contributed by atoms with E-state index < -0.39 is 17.9 Å². The molecule has 2 N–H and O–H groups in total. The minimum absolute atomic E-state index is 0.192. The molecule has 0 aliphatic heterocycles. The number of nitrogens with one attached hydrogen (secondary N) is 1. The number of ether oxygens (including phenoxy) is 1. The number of carboxylic acids is 1. The van der Waals surface area contributed by atoms with Crippen molar-refractivity contribution in [1.29, 1.82) is 0 Å². The molecular formula is C31H29FN2O4. The number of carbonyl (C=O) groups excluding carboxylic acids is 1. The Morgan fingerprint density at radius 3 is 1.95 bits per heavy atom. The van der Waals surface area contributed by atoms with Gasteiger partial charge in [-0.3, -0.25) is 4.79 Å². The van der Waals surface area contributed by atoms with Crippen molar-refractivity contribution in [2.75, 3.05) is 12.0 Å². The zero-order valence-corrected chi connectivity index (χ0v) is 21.0. The lowest BCUT2D eigenvalue weighted by Gasteiger charge is -2.25. The van der Waals surface area contributed by atoms with E-state index in [1.165, 1.54) is 12.1 Å². The fourth-order valence-corrected chi connectivity index (χ4v) is 4.12. The van der Waals surface area contributed by atoms with Gasteiger partial charge in [0.2, 0.25) is 0 Å². The van der Waals surface area contributed by atoms with Gasteiger partial charge in [0.25, 0.3) is 5.91 Å². The third-order valence-corrected chi connectivity index (χ3v) is 6.20. The van der Waals surface area contributed by atoms with Crippen LogP contribution >= 0.6 is 0 Å². The third-order valence-electron chi connectivity index (χ3n) is 6.20. The lowest BCUT2D eigenvalue weighted by molar-refractivity contribution is -0.139. The molecule has 0 spiro atoms. The number of methoxy groups -OCH3 is 1. The maximum absolute atomic E-state index is 13.6. The molecule has 194 valence electrons. The molecule has 0 aliphatic carbocycles. The van der Waals surface area contributed by atoms with E-state index in [9.17, 15) is 19.1 Å². The molecular weight excluding hydrogens is 483 g/mol. The van der Waals surface area contributed by atoms with Crippen molar-refractivity contribution in [3.63, 3.8) is 0 Å². The molecule has 0 fully saturated rings. The average Bonchev–Trinajstić information content (AvgIpc) is 2.94. The molecule has 1 unspecified atom stereocenters. The molecule has 4 rings (SSSR count). The first kappa shape index (κ1) is 26.4. The molecule has 0 saturated heterocycles.